The Balaban J connectivity index is 2.50. The number of hydrogen-bond donors (Lipinski definition) is 0. The van der Waals surface area contributed by atoms with Gasteiger partial charge in [-0.15, -0.1) is 11.8 Å². The van der Waals surface area contributed by atoms with Crippen molar-refractivity contribution in [3.8, 4) is 0 Å². The highest BCUT2D eigenvalue weighted by atomic mass is 32.2. The van der Waals surface area contributed by atoms with Gasteiger partial charge in [0.15, 0.2) is 0 Å². The summed E-state index contributed by atoms with van der Waals surface area (Å²) in [6.07, 6.45) is 1.24. The Labute approximate surface area is 91.5 Å². The van der Waals surface area contributed by atoms with Crippen LogP contribution in [0, 0.1) is 0 Å². The van der Waals surface area contributed by atoms with Crippen LogP contribution in [-0.4, -0.2) is 24.7 Å². The van der Waals surface area contributed by atoms with Crippen LogP contribution in [0.25, 0.3) is 0 Å². The van der Waals surface area contributed by atoms with Crippen molar-refractivity contribution in [2.45, 2.75) is 24.8 Å². The van der Waals surface area contributed by atoms with E-state index in [4.69, 9.17) is 0 Å². The number of rotatable bonds is 5. The molecule has 0 saturated heterocycles. The zero-order valence-electron chi connectivity index (χ0n) is 9.29. The molecule has 0 atom stereocenters. The van der Waals surface area contributed by atoms with E-state index in [-0.39, 0.29) is 0 Å². The van der Waals surface area contributed by atoms with E-state index in [1.807, 2.05) is 11.8 Å². The number of hydrogen-bond acceptors (Lipinski definition) is 2. The summed E-state index contributed by atoms with van der Waals surface area (Å²) in [6.45, 7) is 3.24. The minimum atomic E-state index is 1.03. The standard InChI is InChI=1S/C12H19NS/c1-4-9-14-12-7-5-11(6-8-12)10-13(2)3/h5-8H,4,9-10H2,1-3H3. The Hall–Kier alpha value is -0.470. The van der Waals surface area contributed by atoms with Crippen LogP contribution < -0.4 is 0 Å². The quantitative estimate of drug-likeness (QED) is 0.685. The third kappa shape index (κ3) is 4.16. The largest absolute Gasteiger partial charge is 0.305 e. The fraction of sp³-hybridized carbons (Fsp3) is 0.500. The highest BCUT2D eigenvalue weighted by molar-refractivity contribution is 7.99. The maximum absolute atomic E-state index is 2.22. The molecule has 2 heteroatoms. The molecule has 0 aliphatic heterocycles. The highest BCUT2D eigenvalue weighted by Crippen LogP contribution is 2.19. The predicted octanol–water partition coefficient (Wildman–Crippen LogP) is 3.25. The molecule has 1 nitrogen and oxygen atoms in total. The lowest BCUT2D eigenvalue weighted by Crippen LogP contribution is -2.10. The van der Waals surface area contributed by atoms with Gasteiger partial charge in [0.25, 0.3) is 0 Å². The normalized spacial score (nSPS) is 10.9. The topological polar surface area (TPSA) is 3.24 Å². The Bertz CT molecular complexity index is 254. The van der Waals surface area contributed by atoms with Crippen LogP contribution in [0.15, 0.2) is 29.2 Å². The van der Waals surface area contributed by atoms with Gasteiger partial charge >= 0.3 is 0 Å². The Morgan fingerprint density at radius 3 is 2.29 bits per heavy atom. The second-order valence-corrected chi connectivity index (χ2v) is 4.90. The van der Waals surface area contributed by atoms with Crippen molar-refractivity contribution in [3.63, 3.8) is 0 Å². The van der Waals surface area contributed by atoms with E-state index >= 15 is 0 Å². The van der Waals surface area contributed by atoms with Crippen LogP contribution in [0.4, 0.5) is 0 Å². The SMILES string of the molecule is CCCSc1ccc(CN(C)C)cc1. The van der Waals surface area contributed by atoms with E-state index in [9.17, 15) is 0 Å². The predicted molar refractivity (Wildman–Crippen MR) is 64.8 cm³/mol. The van der Waals surface area contributed by atoms with E-state index in [1.54, 1.807) is 0 Å². The van der Waals surface area contributed by atoms with Crippen molar-refractivity contribution in [1.82, 2.24) is 4.90 Å². The summed E-state index contributed by atoms with van der Waals surface area (Å²) in [7, 11) is 4.19. The molecule has 0 heterocycles. The molecule has 0 saturated carbocycles. The van der Waals surface area contributed by atoms with E-state index in [0.717, 1.165) is 6.54 Å². The van der Waals surface area contributed by atoms with Gasteiger partial charge in [0.05, 0.1) is 0 Å². The zero-order valence-corrected chi connectivity index (χ0v) is 10.1. The third-order valence-electron chi connectivity index (χ3n) is 1.90. The molecule has 1 aromatic carbocycles. The summed E-state index contributed by atoms with van der Waals surface area (Å²) in [5.74, 6) is 1.22. The summed E-state index contributed by atoms with van der Waals surface area (Å²) in [6, 6.07) is 8.88. The van der Waals surface area contributed by atoms with Crippen molar-refractivity contribution in [2.24, 2.45) is 0 Å². The van der Waals surface area contributed by atoms with Crippen LogP contribution >= 0.6 is 11.8 Å². The second kappa shape index (κ2) is 6.10. The fourth-order valence-corrected chi connectivity index (χ4v) is 2.04. The molecule has 0 aromatic heterocycles. The highest BCUT2D eigenvalue weighted by Gasteiger charge is 1.96. The number of thioether (sulfide) groups is 1. The van der Waals surface area contributed by atoms with Gasteiger partial charge in [0.2, 0.25) is 0 Å². The summed E-state index contributed by atoms with van der Waals surface area (Å²) in [5, 5.41) is 0. The maximum atomic E-state index is 2.22. The lowest BCUT2D eigenvalue weighted by Gasteiger charge is -2.09. The molecule has 0 N–H and O–H groups in total. The summed E-state index contributed by atoms with van der Waals surface area (Å²) in [5.41, 5.74) is 1.39. The molecule has 0 unspecified atom stereocenters. The molecule has 0 fully saturated rings. The lowest BCUT2D eigenvalue weighted by molar-refractivity contribution is 0.402. The van der Waals surface area contributed by atoms with Crippen LogP contribution in [0.2, 0.25) is 0 Å². The van der Waals surface area contributed by atoms with Gasteiger partial charge < -0.3 is 4.90 Å². The van der Waals surface area contributed by atoms with Crippen LogP contribution in [0.3, 0.4) is 0 Å². The Morgan fingerprint density at radius 1 is 1.14 bits per heavy atom. The molecule has 78 valence electrons. The fourth-order valence-electron chi connectivity index (χ4n) is 1.28. The molecule has 0 spiro atoms. The first-order valence-electron chi connectivity index (χ1n) is 5.09. The van der Waals surface area contributed by atoms with Crippen molar-refractivity contribution in [1.29, 1.82) is 0 Å². The second-order valence-electron chi connectivity index (χ2n) is 3.73. The first kappa shape index (κ1) is 11.6. The van der Waals surface area contributed by atoms with Crippen molar-refractivity contribution in [3.05, 3.63) is 29.8 Å². The molecule has 0 amide bonds. The smallest absolute Gasteiger partial charge is 0.0227 e. The molecular formula is C12H19NS. The third-order valence-corrected chi connectivity index (χ3v) is 3.11. The minimum Gasteiger partial charge on any atom is -0.305 e. The van der Waals surface area contributed by atoms with Crippen molar-refractivity contribution >= 4 is 11.8 Å². The van der Waals surface area contributed by atoms with E-state index in [2.05, 4.69) is 50.2 Å². The van der Waals surface area contributed by atoms with Gasteiger partial charge in [-0.25, -0.2) is 0 Å². The van der Waals surface area contributed by atoms with Gasteiger partial charge in [-0.3, -0.25) is 0 Å². The lowest BCUT2D eigenvalue weighted by atomic mass is 10.2. The maximum Gasteiger partial charge on any atom is 0.0227 e. The van der Waals surface area contributed by atoms with Gasteiger partial charge in [-0.1, -0.05) is 19.1 Å². The Morgan fingerprint density at radius 2 is 1.79 bits per heavy atom. The molecule has 0 bridgehead atoms. The molecule has 1 rings (SSSR count). The first-order valence-corrected chi connectivity index (χ1v) is 6.07. The van der Waals surface area contributed by atoms with Crippen LogP contribution in [-0.2, 0) is 6.54 Å². The van der Waals surface area contributed by atoms with Gasteiger partial charge in [0, 0.05) is 11.4 Å². The Kier molecular flexibility index (Phi) is 5.05. The average Bonchev–Trinajstić information content (AvgIpc) is 2.16. The van der Waals surface area contributed by atoms with Crippen LogP contribution in [0.5, 0.6) is 0 Å². The van der Waals surface area contributed by atoms with E-state index < -0.39 is 0 Å². The van der Waals surface area contributed by atoms with Gasteiger partial charge in [-0.05, 0) is 44.0 Å². The zero-order chi connectivity index (χ0) is 10.4. The van der Waals surface area contributed by atoms with Crippen LogP contribution in [0.1, 0.15) is 18.9 Å². The average molecular weight is 209 g/mol. The molecule has 14 heavy (non-hydrogen) atoms. The van der Waals surface area contributed by atoms with Gasteiger partial charge in [0.1, 0.15) is 0 Å². The molecule has 1 aromatic rings. The minimum absolute atomic E-state index is 1.03. The summed E-state index contributed by atoms with van der Waals surface area (Å²) < 4.78 is 0. The molecular weight excluding hydrogens is 190 g/mol. The molecule has 0 radical (unpaired) electrons. The first-order chi connectivity index (χ1) is 6.72. The monoisotopic (exact) mass is 209 g/mol. The molecule has 0 aliphatic carbocycles. The number of nitrogens with zero attached hydrogens (tertiary/aromatic N) is 1. The van der Waals surface area contributed by atoms with E-state index in [0.29, 0.717) is 0 Å². The number of benzene rings is 1. The van der Waals surface area contributed by atoms with E-state index in [1.165, 1.54) is 22.6 Å². The summed E-state index contributed by atoms with van der Waals surface area (Å²) in [4.78, 5) is 3.57. The van der Waals surface area contributed by atoms with Crippen molar-refractivity contribution < 1.29 is 0 Å². The van der Waals surface area contributed by atoms with Crippen molar-refractivity contribution in [2.75, 3.05) is 19.8 Å². The van der Waals surface area contributed by atoms with Gasteiger partial charge in [-0.2, -0.15) is 0 Å². The summed E-state index contributed by atoms with van der Waals surface area (Å²) >= 11 is 1.93. The molecule has 0 aliphatic rings.